The third kappa shape index (κ3) is 4.87. The minimum absolute atomic E-state index is 0.0249. The van der Waals surface area contributed by atoms with Gasteiger partial charge in [0, 0.05) is 44.5 Å². The number of anilines is 1. The zero-order valence-corrected chi connectivity index (χ0v) is 16.3. The second-order valence-electron chi connectivity index (χ2n) is 6.97. The van der Waals surface area contributed by atoms with Gasteiger partial charge in [0.15, 0.2) is 0 Å². The van der Waals surface area contributed by atoms with Crippen LogP contribution in [0, 0.1) is 0 Å². The average molecular weight is 389 g/mol. The van der Waals surface area contributed by atoms with Crippen molar-refractivity contribution in [2.45, 2.75) is 30.3 Å². The Hall–Kier alpha value is -1.93. The van der Waals surface area contributed by atoms with Crippen molar-refractivity contribution in [3.05, 3.63) is 60.2 Å². The van der Waals surface area contributed by atoms with Crippen molar-refractivity contribution in [3.63, 3.8) is 0 Å². The Morgan fingerprint density at radius 1 is 1.00 bits per heavy atom. The topological polar surface area (TPSA) is 92.7 Å². The van der Waals surface area contributed by atoms with Crippen LogP contribution < -0.4 is 11.5 Å². The van der Waals surface area contributed by atoms with Crippen LogP contribution in [0.1, 0.15) is 18.4 Å². The molecular formula is C20H28N4O2S. The van der Waals surface area contributed by atoms with E-state index in [2.05, 4.69) is 17.0 Å². The van der Waals surface area contributed by atoms with Gasteiger partial charge in [-0.3, -0.25) is 4.90 Å². The first-order chi connectivity index (χ1) is 13.0. The summed E-state index contributed by atoms with van der Waals surface area (Å²) in [5, 5.41) is 0. The highest BCUT2D eigenvalue weighted by atomic mass is 32.2. The van der Waals surface area contributed by atoms with Crippen LogP contribution >= 0.6 is 0 Å². The predicted molar refractivity (Wildman–Crippen MR) is 109 cm³/mol. The Kier molecular flexibility index (Phi) is 6.49. The zero-order chi connectivity index (χ0) is 19.3. The zero-order valence-electron chi connectivity index (χ0n) is 15.5. The lowest BCUT2D eigenvalue weighted by Gasteiger charge is -2.37. The molecule has 3 rings (SSSR count). The summed E-state index contributed by atoms with van der Waals surface area (Å²) in [7, 11) is -3.58. The Balaban J connectivity index is 1.68. The molecule has 1 saturated heterocycles. The first-order valence-electron chi connectivity index (χ1n) is 9.34. The molecule has 146 valence electrons. The van der Waals surface area contributed by atoms with E-state index >= 15 is 0 Å². The Labute approximate surface area is 161 Å². The van der Waals surface area contributed by atoms with Crippen LogP contribution in [0.2, 0.25) is 0 Å². The fraction of sp³-hybridized carbons (Fsp3) is 0.400. The van der Waals surface area contributed by atoms with Gasteiger partial charge in [0.05, 0.1) is 4.90 Å². The lowest BCUT2D eigenvalue weighted by molar-refractivity contribution is 0.154. The van der Waals surface area contributed by atoms with Crippen LogP contribution in [0.4, 0.5) is 5.69 Å². The smallest absolute Gasteiger partial charge is 0.243 e. The fourth-order valence-electron chi connectivity index (χ4n) is 3.61. The van der Waals surface area contributed by atoms with Crippen molar-refractivity contribution in [1.29, 1.82) is 0 Å². The molecule has 7 heteroatoms. The molecule has 1 aliphatic heterocycles. The third-order valence-corrected chi connectivity index (χ3v) is 7.02. The summed E-state index contributed by atoms with van der Waals surface area (Å²) in [6.07, 6.45) is 1.61. The molecule has 0 bridgehead atoms. The molecule has 4 N–H and O–H groups in total. The van der Waals surface area contributed by atoms with E-state index < -0.39 is 10.0 Å². The van der Waals surface area contributed by atoms with E-state index in [0.717, 1.165) is 32.5 Å². The molecule has 2 aromatic rings. The van der Waals surface area contributed by atoms with Crippen molar-refractivity contribution in [2.24, 2.45) is 5.73 Å². The normalized spacial score (nSPS) is 16.7. The van der Waals surface area contributed by atoms with Gasteiger partial charge in [0.1, 0.15) is 0 Å². The molecule has 2 aromatic carbocycles. The number of sulfonamides is 1. The standard InChI is InChI=1S/C20H28N4O2S/c21-12-15-24(27(25,26)20-8-6-18(22)7-9-20)19-10-13-23(14-11-19)16-17-4-2-1-3-5-17/h1-9,19H,10-16,21-22H2. The molecular weight excluding hydrogens is 360 g/mol. The molecule has 0 atom stereocenters. The van der Waals surface area contributed by atoms with Crippen LogP contribution in [0.25, 0.3) is 0 Å². The largest absolute Gasteiger partial charge is 0.399 e. The highest BCUT2D eigenvalue weighted by Crippen LogP contribution is 2.25. The molecule has 0 saturated carbocycles. The van der Waals surface area contributed by atoms with Gasteiger partial charge >= 0.3 is 0 Å². The SMILES string of the molecule is NCCN(C1CCN(Cc2ccccc2)CC1)S(=O)(=O)c1ccc(N)cc1. The van der Waals surface area contributed by atoms with Gasteiger partial charge in [0.2, 0.25) is 10.0 Å². The van der Waals surface area contributed by atoms with E-state index in [4.69, 9.17) is 11.5 Å². The van der Waals surface area contributed by atoms with Crippen molar-refractivity contribution in [2.75, 3.05) is 31.9 Å². The second kappa shape index (κ2) is 8.84. The fourth-order valence-corrected chi connectivity index (χ4v) is 5.31. The van der Waals surface area contributed by atoms with Gasteiger partial charge in [-0.1, -0.05) is 30.3 Å². The molecule has 0 amide bonds. The predicted octanol–water partition coefficient (Wildman–Crippen LogP) is 1.88. The minimum Gasteiger partial charge on any atom is -0.399 e. The summed E-state index contributed by atoms with van der Waals surface area (Å²) in [6, 6.07) is 16.7. The summed E-state index contributed by atoms with van der Waals surface area (Å²) in [5.41, 5.74) is 13.3. The highest BCUT2D eigenvalue weighted by Gasteiger charge is 2.33. The molecule has 0 unspecified atom stereocenters. The maximum Gasteiger partial charge on any atom is 0.243 e. The molecule has 0 radical (unpaired) electrons. The number of benzene rings is 2. The maximum atomic E-state index is 13.1. The van der Waals surface area contributed by atoms with Crippen LogP contribution in [0.5, 0.6) is 0 Å². The Morgan fingerprint density at radius 3 is 2.22 bits per heavy atom. The quantitative estimate of drug-likeness (QED) is 0.707. The summed E-state index contributed by atoms with van der Waals surface area (Å²) in [6.45, 7) is 3.28. The van der Waals surface area contributed by atoms with Crippen molar-refractivity contribution in [1.82, 2.24) is 9.21 Å². The molecule has 1 heterocycles. The van der Waals surface area contributed by atoms with E-state index in [9.17, 15) is 8.42 Å². The Morgan fingerprint density at radius 2 is 1.63 bits per heavy atom. The van der Waals surface area contributed by atoms with Gasteiger partial charge in [-0.15, -0.1) is 0 Å². The van der Waals surface area contributed by atoms with Crippen LogP contribution in [-0.2, 0) is 16.6 Å². The molecule has 6 nitrogen and oxygen atoms in total. The number of nitrogens with zero attached hydrogens (tertiary/aromatic N) is 2. The number of hydrogen-bond donors (Lipinski definition) is 2. The number of hydrogen-bond acceptors (Lipinski definition) is 5. The van der Waals surface area contributed by atoms with E-state index in [0.29, 0.717) is 18.8 Å². The summed E-state index contributed by atoms with van der Waals surface area (Å²) < 4.78 is 27.8. The van der Waals surface area contributed by atoms with E-state index in [1.54, 1.807) is 28.6 Å². The van der Waals surface area contributed by atoms with E-state index in [-0.39, 0.29) is 10.9 Å². The molecule has 0 aromatic heterocycles. The van der Waals surface area contributed by atoms with Gasteiger partial charge in [-0.2, -0.15) is 4.31 Å². The first kappa shape index (κ1) is 19.8. The summed E-state index contributed by atoms with van der Waals surface area (Å²) in [4.78, 5) is 2.65. The number of piperidine rings is 1. The maximum absolute atomic E-state index is 13.1. The monoisotopic (exact) mass is 388 g/mol. The van der Waals surface area contributed by atoms with Gasteiger partial charge < -0.3 is 11.5 Å². The highest BCUT2D eigenvalue weighted by molar-refractivity contribution is 7.89. The summed E-state index contributed by atoms with van der Waals surface area (Å²) >= 11 is 0. The molecule has 1 fully saturated rings. The molecule has 0 aliphatic carbocycles. The van der Waals surface area contributed by atoms with Crippen LogP contribution in [-0.4, -0.2) is 49.8 Å². The Bertz CT molecular complexity index is 817. The minimum atomic E-state index is -3.58. The first-order valence-corrected chi connectivity index (χ1v) is 10.8. The van der Waals surface area contributed by atoms with Gasteiger partial charge in [-0.05, 0) is 42.7 Å². The van der Waals surface area contributed by atoms with Crippen molar-refractivity contribution >= 4 is 15.7 Å². The third-order valence-electron chi connectivity index (χ3n) is 5.05. The average Bonchev–Trinajstić information content (AvgIpc) is 2.68. The van der Waals surface area contributed by atoms with Crippen molar-refractivity contribution < 1.29 is 8.42 Å². The van der Waals surface area contributed by atoms with Crippen molar-refractivity contribution in [3.8, 4) is 0 Å². The number of rotatable bonds is 7. The van der Waals surface area contributed by atoms with Crippen LogP contribution in [0.15, 0.2) is 59.5 Å². The number of nitrogen functional groups attached to an aromatic ring is 1. The summed E-state index contributed by atoms with van der Waals surface area (Å²) in [5.74, 6) is 0. The van der Waals surface area contributed by atoms with Gasteiger partial charge in [0.25, 0.3) is 0 Å². The van der Waals surface area contributed by atoms with E-state index in [1.165, 1.54) is 5.56 Å². The number of likely N-dealkylation sites (tertiary alicyclic amines) is 1. The molecule has 0 spiro atoms. The lowest BCUT2D eigenvalue weighted by atomic mass is 10.0. The molecule has 1 aliphatic rings. The second-order valence-corrected chi connectivity index (χ2v) is 8.86. The van der Waals surface area contributed by atoms with Crippen LogP contribution in [0.3, 0.4) is 0 Å². The van der Waals surface area contributed by atoms with Gasteiger partial charge in [-0.25, -0.2) is 8.42 Å². The van der Waals surface area contributed by atoms with E-state index in [1.807, 2.05) is 18.2 Å². The lowest BCUT2D eigenvalue weighted by Crippen LogP contribution is -2.48. The number of nitrogens with two attached hydrogens (primary N) is 2. The molecule has 27 heavy (non-hydrogen) atoms.